The van der Waals surface area contributed by atoms with Gasteiger partial charge in [-0.2, -0.15) is 0 Å². The van der Waals surface area contributed by atoms with Crippen molar-refractivity contribution < 1.29 is 19.4 Å². The number of ether oxygens (including phenoxy) is 1. The molecule has 0 saturated heterocycles. The van der Waals surface area contributed by atoms with E-state index in [0.717, 1.165) is 22.9 Å². The molecule has 38 heavy (non-hydrogen) atoms. The SMILES string of the molecule is CC(=O)O.CC1=C(C(=O)OCc2ccccc2)C(c2cccs2)n2c(sc(=Cc3ccc(Cl)cc3)c2=O)=N1. The summed E-state index contributed by atoms with van der Waals surface area (Å²) in [4.78, 5) is 41.9. The molecular formula is C28H23ClN2O5S2. The molecule has 194 valence electrons. The first kappa shape index (κ1) is 27.3. The highest BCUT2D eigenvalue weighted by molar-refractivity contribution is 7.10. The van der Waals surface area contributed by atoms with Gasteiger partial charge in [0.1, 0.15) is 12.6 Å². The summed E-state index contributed by atoms with van der Waals surface area (Å²) in [6.07, 6.45) is 1.82. The van der Waals surface area contributed by atoms with Crippen LogP contribution in [-0.4, -0.2) is 21.6 Å². The van der Waals surface area contributed by atoms with Gasteiger partial charge in [-0.05, 0) is 47.7 Å². The average molecular weight is 567 g/mol. The molecule has 1 aliphatic rings. The maximum Gasteiger partial charge on any atom is 0.338 e. The topological polar surface area (TPSA) is 98.0 Å². The Morgan fingerprint density at radius 1 is 1.11 bits per heavy atom. The van der Waals surface area contributed by atoms with Crippen molar-refractivity contribution in [3.8, 4) is 0 Å². The molecule has 2 aromatic heterocycles. The average Bonchev–Trinajstić information content (AvgIpc) is 3.52. The third-order valence-electron chi connectivity index (χ3n) is 5.43. The molecule has 0 bridgehead atoms. The Kier molecular flexibility index (Phi) is 8.73. The summed E-state index contributed by atoms with van der Waals surface area (Å²) in [6, 6.07) is 20.0. The number of esters is 1. The molecule has 1 N–H and O–H groups in total. The van der Waals surface area contributed by atoms with Gasteiger partial charge in [0.25, 0.3) is 11.5 Å². The van der Waals surface area contributed by atoms with Crippen LogP contribution in [0.15, 0.2) is 93.2 Å². The molecule has 0 fully saturated rings. The van der Waals surface area contributed by atoms with Crippen molar-refractivity contribution in [2.75, 3.05) is 0 Å². The molecule has 10 heteroatoms. The van der Waals surface area contributed by atoms with Crippen molar-refractivity contribution in [3.05, 3.63) is 124 Å². The Bertz CT molecular complexity index is 1650. The smallest absolute Gasteiger partial charge is 0.338 e. The lowest BCUT2D eigenvalue weighted by atomic mass is 10.0. The van der Waals surface area contributed by atoms with Crippen molar-refractivity contribution in [1.29, 1.82) is 0 Å². The molecule has 1 atom stereocenters. The van der Waals surface area contributed by atoms with Gasteiger partial charge < -0.3 is 9.84 Å². The van der Waals surface area contributed by atoms with Crippen molar-refractivity contribution in [3.63, 3.8) is 0 Å². The Morgan fingerprint density at radius 3 is 2.42 bits per heavy atom. The summed E-state index contributed by atoms with van der Waals surface area (Å²) in [7, 11) is 0. The van der Waals surface area contributed by atoms with E-state index in [-0.39, 0.29) is 12.2 Å². The normalized spacial score (nSPS) is 14.7. The number of halogens is 1. The van der Waals surface area contributed by atoms with E-state index in [4.69, 9.17) is 26.2 Å². The largest absolute Gasteiger partial charge is 0.481 e. The number of carboxylic acids is 1. The number of carbonyl (C=O) groups is 2. The fourth-order valence-corrected chi connectivity index (χ4v) is 5.81. The lowest BCUT2D eigenvalue weighted by Crippen LogP contribution is -2.39. The Labute approximate surface area is 231 Å². The zero-order valence-electron chi connectivity index (χ0n) is 20.5. The number of thiazole rings is 1. The van der Waals surface area contributed by atoms with Crippen molar-refractivity contribution in [2.45, 2.75) is 26.5 Å². The first-order valence-corrected chi connectivity index (χ1v) is 13.5. The van der Waals surface area contributed by atoms with Gasteiger partial charge in [0.15, 0.2) is 4.80 Å². The molecule has 0 radical (unpaired) electrons. The summed E-state index contributed by atoms with van der Waals surface area (Å²) in [6.45, 7) is 3.02. The van der Waals surface area contributed by atoms with Gasteiger partial charge >= 0.3 is 5.97 Å². The van der Waals surface area contributed by atoms with E-state index < -0.39 is 18.0 Å². The molecule has 1 unspecified atom stereocenters. The number of carboxylic acid groups (broad SMARTS) is 1. The second-order valence-corrected chi connectivity index (χ2v) is 10.7. The lowest BCUT2D eigenvalue weighted by Gasteiger charge is -2.23. The van der Waals surface area contributed by atoms with Gasteiger partial charge in [0.05, 0.1) is 15.8 Å². The highest BCUT2D eigenvalue weighted by atomic mass is 35.5. The van der Waals surface area contributed by atoms with Crippen LogP contribution < -0.4 is 14.9 Å². The highest BCUT2D eigenvalue weighted by Crippen LogP contribution is 2.33. The van der Waals surface area contributed by atoms with Gasteiger partial charge in [0.2, 0.25) is 0 Å². The van der Waals surface area contributed by atoms with E-state index in [9.17, 15) is 9.59 Å². The Morgan fingerprint density at radius 2 is 1.79 bits per heavy atom. The van der Waals surface area contributed by atoms with E-state index in [1.807, 2.05) is 66.1 Å². The number of benzene rings is 2. The van der Waals surface area contributed by atoms with Crippen LogP contribution in [0.1, 0.15) is 35.9 Å². The standard InChI is InChI=1S/C26H19ClN2O3S2.C2H4O2/c1-16-22(25(31)32-15-18-6-3-2-4-7-18)23(20-8-5-13-33-20)29-24(30)21(34-26(29)28-16)14-17-9-11-19(27)12-10-17;1-2(3)4/h2-14,23H,15H2,1H3;1H3,(H,3,4). The lowest BCUT2D eigenvalue weighted by molar-refractivity contribution is -0.141. The molecule has 7 nitrogen and oxygen atoms in total. The first-order valence-electron chi connectivity index (χ1n) is 11.5. The van der Waals surface area contributed by atoms with Crippen LogP contribution in [-0.2, 0) is 20.9 Å². The maximum atomic E-state index is 13.5. The van der Waals surface area contributed by atoms with Crippen LogP contribution in [0.2, 0.25) is 5.02 Å². The third-order valence-corrected chi connectivity index (χ3v) is 7.59. The van der Waals surface area contributed by atoms with Crippen LogP contribution in [0, 0.1) is 0 Å². The minimum absolute atomic E-state index is 0.147. The summed E-state index contributed by atoms with van der Waals surface area (Å²) >= 11 is 8.78. The Hall–Kier alpha value is -3.79. The van der Waals surface area contributed by atoms with Gasteiger partial charge in [-0.25, -0.2) is 9.79 Å². The number of aliphatic carboxylic acids is 1. The third kappa shape index (κ3) is 6.36. The van der Waals surface area contributed by atoms with Crippen molar-refractivity contribution in [1.82, 2.24) is 4.57 Å². The van der Waals surface area contributed by atoms with E-state index in [0.29, 0.717) is 25.6 Å². The van der Waals surface area contributed by atoms with Gasteiger partial charge in [-0.15, -0.1) is 11.3 Å². The summed E-state index contributed by atoms with van der Waals surface area (Å²) < 4.78 is 7.79. The van der Waals surface area contributed by atoms with Crippen molar-refractivity contribution in [2.24, 2.45) is 4.99 Å². The monoisotopic (exact) mass is 566 g/mol. The number of nitrogens with zero attached hydrogens (tertiary/aromatic N) is 2. The van der Waals surface area contributed by atoms with Crippen LogP contribution in [0.3, 0.4) is 0 Å². The van der Waals surface area contributed by atoms with Gasteiger partial charge in [-0.3, -0.25) is 14.2 Å². The number of thiophene rings is 1. The van der Waals surface area contributed by atoms with E-state index in [1.54, 1.807) is 23.6 Å². The van der Waals surface area contributed by atoms with Crippen LogP contribution in [0.25, 0.3) is 6.08 Å². The molecule has 1 aliphatic heterocycles. The predicted octanol–water partition coefficient (Wildman–Crippen LogP) is 4.78. The van der Waals surface area contributed by atoms with Crippen LogP contribution >= 0.6 is 34.3 Å². The van der Waals surface area contributed by atoms with Crippen LogP contribution in [0.5, 0.6) is 0 Å². The van der Waals surface area contributed by atoms with Gasteiger partial charge in [-0.1, -0.05) is 71.5 Å². The predicted molar refractivity (Wildman–Crippen MR) is 149 cm³/mol. The number of rotatable bonds is 5. The quantitative estimate of drug-likeness (QED) is 0.350. The number of hydrogen-bond donors (Lipinski definition) is 1. The molecular weight excluding hydrogens is 544 g/mol. The van der Waals surface area contributed by atoms with Gasteiger partial charge in [0, 0.05) is 16.8 Å². The van der Waals surface area contributed by atoms with E-state index in [2.05, 4.69) is 4.99 Å². The second-order valence-electron chi connectivity index (χ2n) is 8.23. The minimum atomic E-state index is -0.833. The number of aromatic nitrogens is 1. The first-order chi connectivity index (χ1) is 18.2. The Balaban J connectivity index is 0.000000786. The number of fused-ring (bicyclic) bond motifs is 1. The highest BCUT2D eigenvalue weighted by Gasteiger charge is 2.34. The second kappa shape index (κ2) is 12.2. The fourth-order valence-electron chi connectivity index (χ4n) is 3.81. The summed E-state index contributed by atoms with van der Waals surface area (Å²) in [5.74, 6) is -1.31. The molecule has 0 amide bonds. The molecule has 0 aliphatic carbocycles. The molecule has 4 aromatic rings. The zero-order chi connectivity index (χ0) is 27.2. The number of allylic oxidation sites excluding steroid dienone is 1. The molecule has 2 aromatic carbocycles. The molecule has 3 heterocycles. The number of hydrogen-bond acceptors (Lipinski definition) is 7. The van der Waals surface area contributed by atoms with Crippen molar-refractivity contribution >= 4 is 52.3 Å². The summed E-state index contributed by atoms with van der Waals surface area (Å²) in [5.41, 5.74) is 2.49. The number of carbonyl (C=O) groups excluding carboxylic acids is 1. The molecule has 0 saturated carbocycles. The maximum absolute atomic E-state index is 13.5. The van der Waals surface area contributed by atoms with E-state index >= 15 is 0 Å². The minimum Gasteiger partial charge on any atom is -0.481 e. The summed E-state index contributed by atoms with van der Waals surface area (Å²) in [5, 5.41) is 9.98. The van der Waals surface area contributed by atoms with E-state index in [1.165, 1.54) is 22.7 Å². The van der Waals surface area contributed by atoms with Crippen LogP contribution in [0.4, 0.5) is 0 Å². The zero-order valence-corrected chi connectivity index (χ0v) is 22.8. The molecule has 0 spiro atoms. The molecule has 5 rings (SSSR count). The fraction of sp³-hybridized carbons (Fsp3) is 0.143.